The van der Waals surface area contributed by atoms with Crippen LogP contribution in [0.3, 0.4) is 0 Å². The number of carbonyl (C=O) groups is 2. The number of alkyl halides is 6. The SMILES string of the molecule is COc1cc(-c2cc(C(F)(F)F)cc(N(C)CC(=O)Nc3cccc(C(F)(F)F)c3)c2N(C)C=O)cc(F)c1OCc1nnc[nH]1. The van der Waals surface area contributed by atoms with Crippen molar-refractivity contribution in [2.24, 2.45) is 0 Å². The van der Waals surface area contributed by atoms with Crippen LogP contribution in [0.2, 0.25) is 0 Å². The van der Waals surface area contributed by atoms with Crippen LogP contribution >= 0.6 is 0 Å². The molecule has 1 aromatic heterocycles. The van der Waals surface area contributed by atoms with Gasteiger partial charge in [-0.3, -0.25) is 9.59 Å². The van der Waals surface area contributed by atoms with Gasteiger partial charge in [0.25, 0.3) is 0 Å². The van der Waals surface area contributed by atoms with Crippen molar-refractivity contribution in [3.05, 3.63) is 77.6 Å². The number of anilines is 3. The first-order valence-electron chi connectivity index (χ1n) is 13.1. The number of H-pyrrole nitrogens is 1. The summed E-state index contributed by atoms with van der Waals surface area (Å²) in [5.74, 6) is -2.20. The largest absolute Gasteiger partial charge is 0.493 e. The molecule has 10 nitrogen and oxygen atoms in total. The molecule has 4 rings (SSSR count). The molecule has 0 unspecified atom stereocenters. The summed E-state index contributed by atoms with van der Waals surface area (Å²) in [6, 6.07) is 7.30. The summed E-state index contributed by atoms with van der Waals surface area (Å²) in [5.41, 5.74) is -3.24. The van der Waals surface area contributed by atoms with Crippen LogP contribution in [-0.2, 0) is 28.5 Å². The van der Waals surface area contributed by atoms with Gasteiger partial charge in [-0.25, -0.2) is 4.39 Å². The van der Waals surface area contributed by atoms with Crippen LogP contribution in [0.25, 0.3) is 11.1 Å². The van der Waals surface area contributed by atoms with E-state index in [0.717, 1.165) is 28.0 Å². The number of ether oxygens (including phenoxy) is 2. The number of nitrogens with one attached hydrogen (secondary N) is 2. The number of carbonyl (C=O) groups excluding carboxylic acids is 2. The molecule has 0 atom stereocenters. The Morgan fingerprint density at radius 1 is 1.02 bits per heavy atom. The first-order valence-corrected chi connectivity index (χ1v) is 13.1. The third kappa shape index (κ3) is 7.65. The van der Waals surface area contributed by atoms with E-state index in [1.54, 1.807) is 0 Å². The highest BCUT2D eigenvalue weighted by atomic mass is 19.4. The van der Waals surface area contributed by atoms with Crippen molar-refractivity contribution in [3.63, 3.8) is 0 Å². The van der Waals surface area contributed by atoms with E-state index in [2.05, 4.69) is 20.5 Å². The fraction of sp³-hybridized carbons (Fsp3) is 0.241. The van der Waals surface area contributed by atoms with E-state index in [1.807, 2.05) is 0 Å². The number of hydrogen-bond donors (Lipinski definition) is 2. The molecular formula is C29H25F7N6O4. The zero-order valence-electron chi connectivity index (χ0n) is 24.3. The highest BCUT2D eigenvalue weighted by Gasteiger charge is 2.34. The molecule has 244 valence electrons. The van der Waals surface area contributed by atoms with Gasteiger partial charge in [0.1, 0.15) is 12.9 Å². The summed E-state index contributed by atoms with van der Waals surface area (Å²) in [6.45, 7) is -0.893. The quantitative estimate of drug-likeness (QED) is 0.153. The normalized spacial score (nSPS) is 11.6. The summed E-state index contributed by atoms with van der Waals surface area (Å²) in [7, 11) is 3.67. The van der Waals surface area contributed by atoms with Crippen molar-refractivity contribution < 1.29 is 49.8 Å². The smallest absolute Gasteiger partial charge is 0.416 e. The van der Waals surface area contributed by atoms with Gasteiger partial charge in [-0.1, -0.05) is 6.07 Å². The van der Waals surface area contributed by atoms with Crippen LogP contribution in [0.5, 0.6) is 11.5 Å². The highest BCUT2D eigenvalue weighted by Crippen LogP contribution is 2.46. The van der Waals surface area contributed by atoms with Crippen LogP contribution < -0.4 is 24.6 Å². The molecule has 0 saturated heterocycles. The number of likely N-dealkylation sites (N-methyl/N-ethyl adjacent to an activating group) is 1. The molecule has 0 aliphatic rings. The predicted molar refractivity (Wildman–Crippen MR) is 152 cm³/mol. The van der Waals surface area contributed by atoms with Crippen molar-refractivity contribution in [3.8, 4) is 22.6 Å². The van der Waals surface area contributed by atoms with Crippen molar-refractivity contribution in [2.75, 3.05) is 42.9 Å². The maximum absolute atomic E-state index is 15.4. The standard InChI is InChI=1S/C29H25F7N6O4/c1-41(12-25(44)39-19-6-4-5-17(9-19)28(31,32)33)22-11-18(29(34,35)36)10-20(26(22)42(2)15-43)16-7-21(30)27(23(8-16)45-3)46-13-24-37-14-38-40-24/h4-11,14-15H,12-13H2,1-3H3,(H,39,44)(H,37,38,40). The van der Waals surface area contributed by atoms with E-state index in [-0.39, 0.29) is 52.1 Å². The molecule has 0 bridgehead atoms. The number of rotatable bonds is 11. The lowest BCUT2D eigenvalue weighted by atomic mass is 9.97. The number of benzene rings is 3. The second kappa shape index (κ2) is 13.3. The summed E-state index contributed by atoms with van der Waals surface area (Å²) < 4.78 is 108. The summed E-state index contributed by atoms with van der Waals surface area (Å²) >= 11 is 0. The van der Waals surface area contributed by atoms with Gasteiger partial charge in [0.15, 0.2) is 23.1 Å². The molecule has 46 heavy (non-hydrogen) atoms. The highest BCUT2D eigenvalue weighted by molar-refractivity contribution is 5.99. The van der Waals surface area contributed by atoms with Gasteiger partial charge in [-0.05, 0) is 48.0 Å². The van der Waals surface area contributed by atoms with Crippen molar-refractivity contribution >= 4 is 29.4 Å². The van der Waals surface area contributed by atoms with Gasteiger partial charge in [0, 0.05) is 25.3 Å². The van der Waals surface area contributed by atoms with Gasteiger partial charge in [-0.2, -0.15) is 26.3 Å². The van der Waals surface area contributed by atoms with E-state index in [0.29, 0.717) is 24.6 Å². The molecule has 0 spiro atoms. The van der Waals surface area contributed by atoms with Crippen LogP contribution in [0, 0.1) is 5.82 Å². The Morgan fingerprint density at radius 2 is 1.74 bits per heavy atom. The summed E-state index contributed by atoms with van der Waals surface area (Å²) in [4.78, 5) is 29.4. The van der Waals surface area contributed by atoms with E-state index in [4.69, 9.17) is 9.47 Å². The van der Waals surface area contributed by atoms with Gasteiger partial charge >= 0.3 is 12.4 Å². The number of nitrogens with zero attached hydrogens (tertiary/aromatic N) is 4. The molecule has 0 saturated carbocycles. The van der Waals surface area contributed by atoms with Crippen LogP contribution in [0.15, 0.2) is 54.9 Å². The van der Waals surface area contributed by atoms with Crippen molar-refractivity contribution in [2.45, 2.75) is 19.0 Å². The maximum Gasteiger partial charge on any atom is 0.416 e. The molecular weight excluding hydrogens is 629 g/mol. The molecule has 4 aromatic rings. The fourth-order valence-electron chi connectivity index (χ4n) is 4.45. The number of amides is 2. The monoisotopic (exact) mass is 654 g/mol. The fourth-order valence-corrected chi connectivity index (χ4v) is 4.45. The number of aromatic amines is 1. The Bertz CT molecular complexity index is 1710. The maximum atomic E-state index is 15.4. The minimum Gasteiger partial charge on any atom is -0.493 e. The molecule has 2 amide bonds. The van der Waals surface area contributed by atoms with Gasteiger partial charge in [0.05, 0.1) is 36.2 Å². The van der Waals surface area contributed by atoms with Crippen LogP contribution in [0.4, 0.5) is 47.8 Å². The number of hydrogen-bond acceptors (Lipinski definition) is 7. The van der Waals surface area contributed by atoms with E-state index in [1.165, 1.54) is 39.7 Å². The summed E-state index contributed by atoms with van der Waals surface area (Å²) in [5, 5.41) is 9.59. The molecule has 0 aliphatic heterocycles. The number of aromatic nitrogens is 3. The lowest BCUT2D eigenvalue weighted by molar-refractivity contribution is -0.138. The second-order valence-corrected chi connectivity index (χ2v) is 9.80. The van der Waals surface area contributed by atoms with E-state index in [9.17, 15) is 35.9 Å². The third-order valence-electron chi connectivity index (χ3n) is 6.55. The topological polar surface area (TPSA) is 113 Å². The Morgan fingerprint density at radius 3 is 2.35 bits per heavy atom. The Balaban J connectivity index is 1.76. The zero-order valence-corrected chi connectivity index (χ0v) is 24.3. The molecule has 1 heterocycles. The average Bonchev–Trinajstić information content (AvgIpc) is 3.52. The molecule has 17 heteroatoms. The average molecular weight is 655 g/mol. The van der Waals surface area contributed by atoms with Gasteiger partial charge < -0.3 is 29.6 Å². The Kier molecular flexibility index (Phi) is 9.72. The molecule has 0 radical (unpaired) electrons. The summed E-state index contributed by atoms with van der Waals surface area (Å²) in [6.07, 6.45) is -8.03. The van der Waals surface area contributed by atoms with Crippen molar-refractivity contribution in [1.29, 1.82) is 0 Å². The van der Waals surface area contributed by atoms with E-state index < -0.39 is 41.7 Å². The molecule has 0 aliphatic carbocycles. The molecule has 3 aromatic carbocycles. The first kappa shape index (κ1) is 33.5. The second-order valence-electron chi connectivity index (χ2n) is 9.80. The Labute approximate surface area is 256 Å². The predicted octanol–water partition coefficient (Wildman–Crippen LogP) is 5.90. The zero-order chi connectivity index (χ0) is 33.8. The number of methoxy groups -OCH3 is 1. The minimum absolute atomic E-state index is 0.140. The Hall–Kier alpha value is -5.35. The molecule has 2 N–H and O–H groups in total. The lowest BCUT2D eigenvalue weighted by Gasteiger charge is -2.28. The number of halogens is 7. The molecule has 0 fully saturated rings. The minimum atomic E-state index is -4.92. The van der Waals surface area contributed by atoms with Crippen LogP contribution in [-0.4, -0.2) is 55.2 Å². The van der Waals surface area contributed by atoms with Gasteiger partial charge in [-0.15, -0.1) is 10.2 Å². The van der Waals surface area contributed by atoms with Crippen molar-refractivity contribution in [1.82, 2.24) is 15.2 Å². The van der Waals surface area contributed by atoms with Gasteiger partial charge in [0.2, 0.25) is 12.3 Å². The lowest BCUT2D eigenvalue weighted by Crippen LogP contribution is -2.32. The van der Waals surface area contributed by atoms with E-state index >= 15 is 4.39 Å². The third-order valence-corrected chi connectivity index (χ3v) is 6.55. The first-order chi connectivity index (χ1) is 21.6. The van der Waals surface area contributed by atoms with Crippen LogP contribution in [0.1, 0.15) is 17.0 Å².